The number of methoxy groups -OCH3 is 1. The average Bonchev–Trinajstić information content (AvgIpc) is 3.26. The third-order valence-corrected chi connectivity index (χ3v) is 11.6. The van der Waals surface area contributed by atoms with Crippen LogP contribution in [0.5, 0.6) is 0 Å². The summed E-state index contributed by atoms with van der Waals surface area (Å²) in [7, 11) is 1.22. The van der Waals surface area contributed by atoms with Crippen LogP contribution in [0.3, 0.4) is 0 Å². The molecule has 5 amide bonds. The SMILES string of the molecule is COC(=O)C1(NC(=O)OC(C)(C)C)CCN(C(=O)CCC(=O)[C@@H](CCCCNC(=O)OC(C)(C)C)NC(=O)[C@H](CC(=O)[C@@H](Cc2ccccc2)NC(=O)[C@H](C)Cc2ccccc2)CC(C)C)CC1. The van der Waals surface area contributed by atoms with Crippen molar-refractivity contribution in [2.24, 2.45) is 17.8 Å². The van der Waals surface area contributed by atoms with Crippen LogP contribution >= 0.6 is 0 Å². The molecular formula is C52H77N5O11. The number of alkyl carbamates (subject to hydrolysis) is 2. The van der Waals surface area contributed by atoms with Crippen molar-refractivity contribution in [3.63, 3.8) is 0 Å². The summed E-state index contributed by atoms with van der Waals surface area (Å²) in [5.74, 6) is -3.71. The summed E-state index contributed by atoms with van der Waals surface area (Å²) in [5.41, 5.74) is -1.05. The van der Waals surface area contributed by atoms with E-state index in [9.17, 15) is 38.4 Å². The molecule has 376 valence electrons. The minimum absolute atomic E-state index is 0.000826. The Morgan fingerprint density at radius 2 is 1.22 bits per heavy atom. The molecule has 0 radical (unpaired) electrons. The molecule has 4 N–H and O–H groups in total. The zero-order chi connectivity index (χ0) is 50.7. The molecule has 1 saturated heterocycles. The number of carbonyl (C=O) groups excluding carboxylic acids is 8. The molecule has 1 aliphatic rings. The van der Waals surface area contributed by atoms with Crippen molar-refractivity contribution in [2.45, 2.75) is 162 Å². The van der Waals surface area contributed by atoms with E-state index >= 15 is 0 Å². The van der Waals surface area contributed by atoms with Crippen LogP contribution in [0, 0.1) is 17.8 Å². The van der Waals surface area contributed by atoms with Crippen molar-refractivity contribution in [3.8, 4) is 0 Å². The molecule has 0 spiro atoms. The van der Waals surface area contributed by atoms with Crippen LogP contribution < -0.4 is 21.3 Å². The minimum Gasteiger partial charge on any atom is -0.467 e. The third kappa shape index (κ3) is 20.2. The lowest BCUT2D eigenvalue weighted by Gasteiger charge is -2.40. The van der Waals surface area contributed by atoms with Crippen molar-refractivity contribution in [2.75, 3.05) is 26.7 Å². The van der Waals surface area contributed by atoms with Crippen LogP contribution in [0.1, 0.15) is 131 Å². The largest absolute Gasteiger partial charge is 0.467 e. The maximum atomic E-state index is 14.3. The van der Waals surface area contributed by atoms with Gasteiger partial charge in [0, 0.05) is 50.7 Å². The first-order chi connectivity index (χ1) is 31.9. The molecule has 0 aromatic heterocycles. The number of ether oxygens (including phenoxy) is 3. The van der Waals surface area contributed by atoms with Crippen LogP contribution in [-0.4, -0.2) is 108 Å². The molecule has 16 heteroatoms. The Morgan fingerprint density at radius 3 is 1.76 bits per heavy atom. The molecule has 1 fully saturated rings. The zero-order valence-electron chi connectivity index (χ0n) is 42.0. The van der Waals surface area contributed by atoms with Gasteiger partial charge in [-0.05, 0) is 110 Å². The van der Waals surface area contributed by atoms with E-state index in [1.807, 2.05) is 81.4 Å². The van der Waals surface area contributed by atoms with Crippen LogP contribution in [0.4, 0.5) is 9.59 Å². The van der Waals surface area contributed by atoms with Crippen LogP contribution in [0.25, 0.3) is 0 Å². The Labute approximate surface area is 403 Å². The topological polar surface area (TPSA) is 216 Å². The van der Waals surface area contributed by atoms with Crippen molar-refractivity contribution in [1.29, 1.82) is 0 Å². The summed E-state index contributed by atoms with van der Waals surface area (Å²) in [6.07, 6.45) is 0.335. The van der Waals surface area contributed by atoms with Gasteiger partial charge in [0.15, 0.2) is 11.6 Å². The quantitative estimate of drug-likeness (QED) is 0.0488. The summed E-state index contributed by atoms with van der Waals surface area (Å²) in [6, 6.07) is 17.1. The van der Waals surface area contributed by atoms with Gasteiger partial charge < -0.3 is 40.4 Å². The number of esters is 1. The lowest BCUT2D eigenvalue weighted by molar-refractivity contribution is -0.152. The summed E-state index contributed by atoms with van der Waals surface area (Å²) < 4.78 is 15.7. The van der Waals surface area contributed by atoms with E-state index in [2.05, 4.69) is 21.3 Å². The molecule has 4 atom stereocenters. The Hall–Kier alpha value is -5.80. The summed E-state index contributed by atoms with van der Waals surface area (Å²) in [4.78, 5) is 109. The predicted molar refractivity (Wildman–Crippen MR) is 258 cm³/mol. The molecule has 68 heavy (non-hydrogen) atoms. The van der Waals surface area contributed by atoms with Crippen molar-refractivity contribution < 1.29 is 52.6 Å². The van der Waals surface area contributed by atoms with Gasteiger partial charge in [-0.1, -0.05) is 81.4 Å². The van der Waals surface area contributed by atoms with Gasteiger partial charge in [-0.3, -0.25) is 24.0 Å². The highest BCUT2D eigenvalue weighted by Crippen LogP contribution is 2.26. The molecule has 0 aliphatic carbocycles. The summed E-state index contributed by atoms with van der Waals surface area (Å²) in [6.45, 7) is 16.5. The van der Waals surface area contributed by atoms with Crippen LogP contribution in [0.15, 0.2) is 60.7 Å². The van der Waals surface area contributed by atoms with Gasteiger partial charge >= 0.3 is 18.2 Å². The average molecular weight is 948 g/mol. The predicted octanol–water partition coefficient (Wildman–Crippen LogP) is 6.80. The molecule has 2 aromatic rings. The van der Waals surface area contributed by atoms with Crippen molar-refractivity contribution in [1.82, 2.24) is 26.2 Å². The van der Waals surface area contributed by atoms with Crippen LogP contribution in [0.2, 0.25) is 0 Å². The second kappa shape index (κ2) is 26.7. The number of piperidine rings is 1. The fourth-order valence-electron chi connectivity index (χ4n) is 8.06. The van der Waals surface area contributed by atoms with E-state index in [0.29, 0.717) is 25.7 Å². The lowest BCUT2D eigenvalue weighted by atomic mass is 9.87. The van der Waals surface area contributed by atoms with Crippen molar-refractivity contribution >= 4 is 47.4 Å². The number of carbonyl (C=O) groups is 8. The number of nitrogens with one attached hydrogen (secondary N) is 4. The highest BCUT2D eigenvalue weighted by Gasteiger charge is 2.45. The number of unbranched alkanes of at least 4 members (excludes halogenated alkanes) is 1. The molecular weight excluding hydrogens is 871 g/mol. The van der Waals surface area contributed by atoms with E-state index in [4.69, 9.17) is 14.2 Å². The number of amides is 5. The van der Waals surface area contributed by atoms with E-state index in [1.54, 1.807) is 41.5 Å². The number of likely N-dealkylation sites (tertiary alicyclic amines) is 1. The molecule has 0 saturated carbocycles. The molecule has 1 aliphatic heterocycles. The van der Waals surface area contributed by atoms with Gasteiger partial charge in [0.25, 0.3) is 0 Å². The number of ketones is 2. The molecule has 16 nitrogen and oxygen atoms in total. The second-order valence-corrected chi connectivity index (χ2v) is 20.4. The highest BCUT2D eigenvalue weighted by molar-refractivity contribution is 5.95. The van der Waals surface area contributed by atoms with Gasteiger partial charge in [0.1, 0.15) is 16.7 Å². The van der Waals surface area contributed by atoms with Gasteiger partial charge in [-0.15, -0.1) is 0 Å². The number of nitrogens with zero attached hydrogens (tertiary/aromatic N) is 1. The van der Waals surface area contributed by atoms with E-state index < -0.39 is 64.7 Å². The smallest absolute Gasteiger partial charge is 0.408 e. The maximum Gasteiger partial charge on any atom is 0.408 e. The molecule has 0 bridgehead atoms. The molecule has 2 aromatic carbocycles. The van der Waals surface area contributed by atoms with Gasteiger partial charge in [0.2, 0.25) is 17.7 Å². The van der Waals surface area contributed by atoms with Crippen molar-refractivity contribution in [3.05, 3.63) is 71.8 Å². The first-order valence-electron chi connectivity index (χ1n) is 24.0. The van der Waals surface area contributed by atoms with Gasteiger partial charge in [-0.2, -0.15) is 0 Å². The lowest BCUT2D eigenvalue weighted by Crippen LogP contribution is -2.61. The fourth-order valence-corrected chi connectivity index (χ4v) is 8.06. The fraction of sp³-hybridized carbons (Fsp3) is 0.615. The number of hydrogen-bond acceptors (Lipinski definition) is 11. The van der Waals surface area contributed by atoms with Gasteiger partial charge in [-0.25, -0.2) is 14.4 Å². The Balaban J connectivity index is 1.77. The molecule has 3 rings (SSSR count). The zero-order valence-corrected chi connectivity index (χ0v) is 42.0. The van der Waals surface area contributed by atoms with Crippen LogP contribution in [-0.2, 0) is 55.8 Å². The highest BCUT2D eigenvalue weighted by atomic mass is 16.6. The molecule has 0 unspecified atom stereocenters. The first-order valence-corrected chi connectivity index (χ1v) is 24.0. The minimum atomic E-state index is -1.40. The summed E-state index contributed by atoms with van der Waals surface area (Å²) >= 11 is 0. The molecule has 1 heterocycles. The Morgan fingerprint density at radius 1 is 0.676 bits per heavy atom. The van der Waals surface area contributed by atoms with E-state index in [-0.39, 0.29) is 93.9 Å². The number of benzene rings is 2. The third-order valence-electron chi connectivity index (χ3n) is 11.6. The number of hydrogen-bond donors (Lipinski definition) is 4. The number of Topliss-reactive ketones (excluding diaryl/α,β-unsaturated/α-hetero) is 2. The standard InChI is InChI=1S/C52H77N5O11/c1-35(2)31-39(34-43(59)41(33-38-21-15-12-16-22-38)55-45(61)36(3)32-37-19-13-11-14-20-37)46(62)54-40(23-17-18-28-53-48(64)67-50(4,5)6)42(58)24-25-44(60)57-29-26-52(27-30-57,47(63)66-10)56-49(65)68-51(7,8)9/h11-16,19-22,35-36,39-41H,17-18,23-34H2,1-10H3,(H,53,64)(H,54,62)(H,55,61)(H,56,65)/t36-,39+,40-,41-/m1/s1. The van der Waals surface area contributed by atoms with E-state index in [0.717, 1.165) is 11.1 Å². The normalized spacial score (nSPS) is 15.4. The van der Waals surface area contributed by atoms with Gasteiger partial charge in [0.05, 0.1) is 19.2 Å². The monoisotopic (exact) mass is 948 g/mol. The Kier molecular flexibility index (Phi) is 22.2. The first kappa shape index (κ1) is 56.5. The number of rotatable bonds is 24. The maximum absolute atomic E-state index is 14.3. The summed E-state index contributed by atoms with van der Waals surface area (Å²) in [5, 5.41) is 11.3. The second-order valence-electron chi connectivity index (χ2n) is 20.4. The Bertz CT molecular complexity index is 1990. The van der Waals surface area contributed by atoms with E-state index in [1.165, 1.54) is 12.0 Å².